The number of thiophene rings is 1. The first-order chi connectivity index (χ1) is 13.5. The zero-order valence-electron chi connectivity index (χ0n) is 16.1. The van der Waals surface area contributed by atoms with Gasteiger partial charge in [-0.2, -0.15) is 0 Å². The molecule has 28 heavy (non-hydrogen) atoms. The van der Waals surface area contributed by atoms with Gasteiger partial charge >= 0.3 is 0 Å². The lowest BCUT2D eigenvalue weighted by Crippen LogP contribution is -2.32. The summed E-state index contributed by atoms with van der Waals surface area (Å²) in [5, 5.41) is 14.4. The van der Waals surface area contributed by atoms with Crippen molar-refractivity contribution in [3.8, 4) is 16.2 Å². The lowest BCUT2D eigenvalue weighted by molar-refractivity contribution is 0.0953. The van der Waals surface area contributed by atoms with Gasteiger partial charge in [0.05, 0.1) is 10.4 Å². The van der Waals surface area contributed by atoms with Crippen LogP contribution in [-0.4, -0.2) is 48.9 Å². The molecule has 0 fully saturated rings. The Morgan fingerprint density at radius 1 is 1.18 bits per heavy atom. The maximum atomic E-state index is 12.4. The molecule has 5 nitrogen and oxygen atoms in total. The van der Waals surface area contributed by atoms with Crippen LogP contribution in [-0.2, 0) is 0 Å². The first kappa shape index (κ1) is 20.0. The molecular weight excluding hydrogens is 372 g/mol. The monoisotopic (exact) mass is 396 g/mol. The fourth-order valence-corrected chi connectivity index (χ4v) is 4.09. The molecule has 0 aliphatic rings. The van der Waals surface area contributed by atoms with Crippen molar-refractivity contribution in [1.82, 2.24) is 10.2 Å². The van der Waals surface area contributed by atoms with E-state index in [4.69, 9.17) is 0 Å². The molecule has 1 heterocycles. The first-order valence-corrected chi connectivity index (χ1v) is 10.1. The van der Waals surface area contributed by atoms with Gasteiger partial charge in [0.25, 0.3) is 5.91 Å². The quantitative estimate of drug-likeness (QED) is 0.561. The van der Waals surface area contributed by atoms with Crippen molar-refractivity contribution in [2.75, 3.05) is 26.7 Å². The number of hydrogen-bond acceptors (Lipinski definition) is 5. The van der Waals surface area contributed by atoms with Crippen molar-refractivity contribution < 1.29 is 14.7 Å². The second-order valence-electron chi connectivity index (χ2n) is 6.78. The Morgan fingerprint density at radius 2 is 2.00 bits per heavy atom. The highest BCUT2D eigenvalue weighted by atomic mass is 32.1. The molecule has 1 amide bonds. The third-order valence-corrected chi connectivity index (χ3v) is 5.79. The van der Waals surface area contributed by atoms with E-state index < -0.39 is 0 Å². The Hall–Kier alpha value is -2.70. The molecule has 0 atom stereocenters. The van der Waals surface area contributed by atoms with Gasteiger partial charge in [0.15, 0.2) is 6.29 Å². The molecule has 3 rings (SSSR count). The minimum Gasteiger partial charge on any atom is -0.507 e. The molecule has 0 bridgehead atoms. The van der Waals surface area contributed by atoms with Crippen LogP contribution in [0.5, 0.6) is 5.75 Å². The number of carbonyl (C=O) groups is 2. The number of nitrogens with one attached hydrogen (secondary N) is 1. The molecule has 146 valence electrons. The van der Waals surface area contributed by atoms with E-state index in [0.717, 1.165) is 35.3 Å². The van der Waals surface area contributed by atoms with Gasteiger partial charge in [-0.05, 0) is 60.6 Å². The molecule has 1 aromatic heterocycles. The van der Waals surface area contributed by atoms with Gasteiger partial charge < -0.3 is 15.3 Å². The molecule has 2 N–H and O–H groups in total. The van der Waals surface area contributed by atoms with Crippen LogP contribution < -0.4 is 5.32 Å². The second kappa shape index (κ2) is 8.99. The zero-order valence-corrected chi connectivity index (χ0v) is 16.9. The number of benzene rings is 2. The highest BCUT2D eigenvalue weighted by molar-refractivity contribution is 7.17. The van der Waals surface area contributed by atoms with E-state index in [-0.39, 0.29) is 11.7 Å². The number of fused-ring (bicyclic) bond motifs is 1. The predicted octanol–water partition coefficient (Wildman–Crippen LogP) is 4.16. The van der Waals surface area contributed by atoms with Gasteiger partial charge in [0, 0.05) is 18.0 Å². The SMILES string of the molecule is CCCN(C)CCNC(=O)c1ccc(-c2ccc3c(C=O)c(O)ccc3c2)s1. The highest BCUT2D eigenvalue weighted by Crippen LogP contribution is 2.33. The molecule has 0 saturated heterocycles. The van der Waals surface area contributed by atoms with Crippen LogP contribution in [0.3, 0.4) is 0 Å². The number of likely N-dealkylation sites (N-methyl/N-ethyl adjacent to an activating group) is 1. The Morgan fingerprint density at radius 3 is 2.75 bits per heavy atom. The average Bonchev–Trinajstić information content (AvgIpc) is 3.18. The van der Waals surface area contributed by atoms with Gasteiger partial charge in [0.1, 0.15) is 5.75 Å². The molecule has 3 aromatic rings. The summed E-state index contributed by atoms with van der Waals surface area (Å²) in [5.74, 6) is -0.0787. The van der Waals surface area contributed by atoms with E-state index in [2.05, 4.69) is 17.1 Å². The Bertz CT molecular complexity index is 997. The number of phenols is 1. The highest BCUT2D eigenvalue weighted by Gasteiger charge is 2.12. The van der Waals surface area contributed by atoms with Crippen molar-refractivity contribution in [1.29, 1.82) is 0 Å². The van der Waals surface area contributed by atoms with Gasteiger partial charge in [0.2, 0.25) is 0 Å². The molecule has 0 unspecified atom stereocenters. The largest absolute Gasteiger partial charge is 0.507 e. The summed E-state index contributed by atoms with van der Waals surface area (Å²) in [6, 6.07) is 12.8. The smallest absolute Gasteiger partial charge is 0.261 e. The zero-order chi connectivity index (χ0) is 20.1. The molecule has 0 spiro atoms. The summed E-state index contributed by atoms with van der Waals surface area (Å²) in [4.78, 5) is 27.5. The molecule has 0 radical (unpaired) electrons. The summed E-state index contributed by atoms with van der Waals surface area (Å²) in [7, 11) is 2.05. The van der Waals surface area contributed by atoms with E-state index in [9.17, 15) is 14.7 Å². The van der Waals surface area contributed by atoms with Crippen LogP contribution in [0, 0.1) is 0 Å². The number of carbonyl (C=O) groups excluding carboxylic acids is 2. The number of rotatable bonds is 8. The molecular formula is C22H24N2O3S. The van der Waals surface area contributed by atoms with Crippen molar-refractivity contribution >= 4 is 34.3 Å². The lowest BCUT2D eigenvalue weighted by atomic mass is 10.0. The fourth-order valence-electron chi connectivity index (χ4n) is 3.18. The topological polar surface area (TPSA) is 69.6 Å². The second-order valence-corrected chi connectivity index (χ2v) is 7.86. The van der Waals surface area contributed by atoms with Crippen molar-refractivity contribution in [3.05, 3.63) is 52.9 Å². The number of aldehydes is 1. The van der Waals surface area contributed by atoms with E-state index in [0.29, 0.717) is 28.7 Å². The summed E-state index contributed by atoms with van der Waals surface area (Å²) in [6.07, 6.45) is 1.77. The maximum Gasteiger partial charge on any atom is 0.261 e. The van der Waals surface area contributed by atoms with Gasteiger partial charge in [-0.25, -0.2) is 0 Å². The van der Waals surface area contributed by atoms with Crippen molar-refractivity contribution in [2.45, 2.75) is 13.3 Å². The van der Waals surface area contributed by atoms with Gasteiger partial charge in [-0.15, -0.1) is 11.3 Å². The summed E-state index contributed by atoms with van der Waals surface area (Å²) in [5.41, 5.74) is 1.27. The minimum absolute atomic E-state index is 0.0186. The van der Waals surface area contributed by atoms with Crippen LogP contribution in [0.1, 0.15) is 33.4 Å². The number of aromatic hydroxyl groups is 1. The molecule has 0 saturated carbocycles. The third-order valence-electron chi connectivity index (χ3n) is 4.66. The molecule has 2 aromatic carbocycles. The maximum absolute atomic E-state index is 12.4. The summed E-state index contributed by atoms with van der Waals surface area (Å²) < 4.78 is 0. The van der Waals surface area contributed by atoms with Crippen molar-refractivity contribution in [3.63, 3.8) is 0 Å². The third kappa shape index (κ3) is 4.40. The average molecular weight is 397 g/mol. The molecule has 6 heteroatoms. The Kier molecular flexibility index (Phi) is 6.44. The van der Waals surface area contributed by atoms with Crippen molar-refractivity contribution in [2.24, 2.45) is 0 Å². The van der Waals surface area contributed by atoms with Gasteiger partial charge in [-0.3, -0.25) is 9.59 Å². The van der Waals surface area contributed by atoms with E-state index in [1.807, 2.05) is 37.4 Å². The van der Waals surface area contributed by atoms with E-state index >= 15 is 0 Å². The van der Waals surface area contributed by atoms with Crippen LogP contribution in [0.25, 0.3) is 21.2 Å². The van der Waals surface area contributed by atoms with Crippen LogP contribution >= 0.6 is 11.3 Å². The Labute approximate surface area is 168 Å². The number of nitrogens with zero attached hydrogens (tertiary/aromatic N) is 1. The molecule has 0 aliphatic carbocycles. The first-order valence-electron chi connectivity index (χ1n) is 9.31. The predicted molar refractivity (Wildman–Crippen MR) is 114 cm³/mol. The lowest BCUT2D eigenvalue weighted by Gasteiger charge is -2.15. The van der Waals surface area contributed by atoms with E-state index in [1.165, 1.54) is 17.4 Å². The number of hydrogen-bond donors (Lipinski definition) is 2. The van der Waals surface area contributed by atoms with E-state index in [1.54, 1.807) is 6.07 Å². The fraction of sp³-hybridized carbons (Fsp3) is 0.273. The van der Waals surface area contributed by atoms with Crippen LogP contribution in [0.2, 0.25) is 0 Å². The van der Waals surface area contributed by atoms with Crippen LogP contribution in [0.15, 0.2) is 42.5 Å². The normalized spacial score (nSPS) is 11.1. The van der Waals surface area contributed by atoms with Gasteiger partial charge in [-0.1, -0.05) is 25.1 Å². The minimum atomic E-state index is -0.0601. The summed E-state index contributed by atoms with van der Waals surface area (Å²) in [6.45, 7) is 4.60. The van der Waals surface area contributed by atoms with Crippen LogP contribution in [0.4, 0.5) is 0 Å². The number of amides is 1. The summed E-state index contributed by atoms with van der Waals surface area (Å²) >= 11 is 1.44. The Balaban J connectivity index is 1.73. The number of phenolic OH excluding ortho intramolecular Hbond substituents is 1. The standard InChI is InChI=1S/C22H24N2O3S/c1-3-11-24(2)12-10-23-22(27)21-9-8-20(28-21)16-4-6-17-15(13-16)5-7-19(26)18(17)14-25/h4-9,13-14,26H,3,10-12H2,1-2H3,(H,23,27). The molecule has 0 aliphatic heterocycles.